The van der Waals surface area contributed by atoms with Crippen LogP contribution in [0.1, 0.15) is 65.7 Å². The van der Waals surface area contributed by atoms with Crippen molar-refractivity contribution in [2.24, 2.45) is 11.8 Å². The van der Waals surface area contributed by atoms with Gasteiger partial charge in [-0.1, -0.05) is 20.8 Å². The Bertz CT molecular complexity index is 785. The van der Waals surface area contributed by atoms with E-state index in [1.54, 1.807) is 0 Å². The van der Waals surface area contributed by atoms with Crippen LogP contribution in [0.4, 0.5) is 5.69 Å². The SMILES string of the molecule is CC(C)CC(=O)Nc1ccc2c(c1)nc(CN1CCC(C)CC1)n2C(C)C. The van der Waals surface area contributed by atoms with Gasteiger partial charge in [-0.05, 0) is 69.8 Å². The van der Waals surface area contributed by atoms with E-state index in [2.05, 4.69) is 55.5 Å². The van der Waals surface area contributed by atoms with E-state index in [4.69, 9.17) is 4.98 Å². The van der Waals surface area contributed by atoms with Crippen LogP contribution in [0.5, 0.6) is 0 Å². The average Bonchev–Trinajstić information content (AvgIpc) is 2.93. The number of aromatic nitrogens is 2. The van der Waals surface area contributed by atoms with Crippen LogP contribution in [0.15, 0.2) is 18.2 Å². The van der Waals surface area contributed by atoms with Gasteiger partial charge in [0.25, 0.3) is 0 Å². The van der Waals surface area contributed by atoms with Gasteiger partial charge < -0.3 is 9.88 Å². The molecule has 1 aliphatic heterocycles. The molecule has 1 amide bonds. The zero-order valence-electron chi connectivity index (χ0n) is 17.5. The van der Waals surface area contributed by atoms with Crippen molar-refractivity contribution in [3.05, 3.63) is 24.0 Å². The Morgan fingerprint density at radius 1 is 1.22 bits per heavy atom. The summed E-state index contributed by atoms with van der Waals surface area (Å²) in [4.78, 5) is 19.6. The third-order valence-electron chi connectivity index (χ3n) is 5.40. The number of carbonyl (C=O) groups excluding carboxylic acids is 1. The van der Waals surface area contributed by atoms with Gasteiger partial charge in [0.2, 0.25) is 5.91 Å². The van der Waals surface area contributed by atoms with Crippen LogP contribution in [0.25, 0.3) is 11.0 Å². The van der Waals surface area contributed by atoms with Crippen LogP contribution in [-0.2, 0) is 11.3 Å². The van der Waals surface area contributed by atoms with Crippen molar-refractivity contribution in [3.63, 3.8) is 0 Å². The number of amides is 1. The normalized spacial score (nSPS) is 16.6. The van der Waals surface area contributed by atoms with Crippen molar-refractivity contribution < 1.29 is 4.79 Å². The lowest BCUT2D eigenvalue weighted by Gasteiger charge is -2.30. The predicted octanol–water partition coefficient (Wildman–Crippen LogP) is 4.83. The molecular formula is C22H34N4O. The van der Waals surface area contributed by atoms with Gasteiger partial charge in [0.15, 0.2) is 0 Å². The van der Waals surface area contributed by atoms with Gasteiger partial charge in [-0.25, -0.2) is 4.98 Å². The summed E-state index contributed by atoms with van der Waals surface area (Å²) in [5, 5.41) is 3.01. The van der Waals surface area contributed by atoms with E-state index in [1.807, 2.05) is 12.1 Å². The molecule has 1 aromatic heterocycles. The molecule has 1 aromatic carbocycles. The minimum Gasteiger partial charge on any atom is -0.326 e. The molecule has 0 bridgehead atoms. The lowest BCUT2D eigenvalue weighted by atomic mass is 9.99. The number of fused-ring (bicyclic) bond motifs is 1. The fourth-order valence-electron chi connectivity index (χ4n) is 3.92. The van der Waals surface area contributed by atoms with E-state index in [0.29, 0.717) is 18.4 Å². The summed E-state index contributed by atoms with van der Waals surface area (Å²) < 4.78 is 2.34. The summed E-state index contributed by atoms with van der Waals surface area (Å²) in [6.07, 6.45) is 3.08. The second-order valence-electron chi connectivity index (χ2n) is 8.80. The lowest BCUT2D eigenvalue weighted by molar-refractivity contribution is -0.116. The monoisotopic (exact) mass is 370 g/mol. The molecule has 0 radical (unpaired) electrons. The molecule has 148 valence electrons. The number of likely N-dealkylation sites (tertiary alicyclic amines) is 1. The molecule has 0 aliphatic carbocycles. The van der Waals surface area contributed by atoms with Crippen molar-refractivity contribution in [2.45, 2.75) is 66.5 Å². The molecule has 5 heteroatoms. The third-order valence-corrected chi connectivity index (χ3v) is 5.40. The second kappa shape index (κ2) is 8.42. The Balaban J connectivity index is 1.83. The fraction of sp³-hybridized carbons (Fsp3) is 0.636. The van der Waals surface area contributed by atoms with Crippen LogP contribution in [0, 0.1) is 11.8 Å². The van der Waals surface area contributed by atoms with Gasteiger partial charge in [0.05, 0.1) is 17.6 Å². The van der Waals surface area contributed by atoms with Crippen LogP contribution < -0.4 is 5.32 Å². The number of benzene rings is 1. The number of imidazole rings is 1. The minimum atomic E-state index is 0.0651. The highest BCUT2D eigenvalue weighted by atomic mass is 16.1. The topological polar surface area (TPSA) is 50.2 Å². The minimum absolute atomic E-state index is 0.0651. The number of rotatable bonds is 6. The van der Waals surface area contributed by atoms with Crippen molar-refractivity contribution in [3.8, 4) is 0 Å². The molecule has 5 nitrogen and oxygen atoms in total. The summed E-state index contributed by atoms with van der Waals surface area (Å²) in [5.41, 5.74) is 2.94. The van der Waals surface area contributed by atoms with Gasteiger partial charge in [-0.3, -0.25) is 9.69 Å². The lowest BCUT2D eigenvalue weighted by Crippen LogP contribution is -2.33. The number of carbonyl (C=O) groups is 1. The zero-order chi connectivity index (χ0) is 19.6. The molecule has 1 N–H and O–H groups in total. The van der Waals surface area contributed by atoms with E-state index in [1.165, 1.54) is 12.8 Å². The van der Waals surface area contributed by atoms with Crippen LogP contribution in [0.2, 0.25) is 0 Å². The maximum atomic E-state index is 12.1. The van der Waals surface area contributed by atoms with Crippen molar-refractivity contribution >= 4 is 22.6 Å². The van der Waals surface area contributed by atoms with Crippen molar-refractivity contribution in [2.75, 3.05) is 18.4 Å². The second-order valence-corrected chi connectivity index (χ2v) is 8.80. The smallest absolute Gasteiger partial charge is 0.224 e. The van der Waals surface area contributed by atoms with Gasteiger partial charge in [-0.15, -0.1) is 0 Å². The molecule has 3 rings (SSSR count). The highest BCUT2D eigenvalue weighted by molar-refractivity contribution is 5.93. The van der Waals surface area contributed by atoms with E-state index in [-0.39, 0.29) is 5.91 Å². The Kier molecular flexibility index (Phi) is 6.20. The average molecular weight is 371 g/mol. The Hall–Kier alpha value is -1.88. The first-order valence-electron chi connectivity index (χ1n) is 10.4. The van der Waals surface area contributed by atoms with Gasteiger partial charge >= 0.3 is 0 Å². The first-order chi connectivity index (χ1) is 12.8. The fourth-order valence-corrected chi connectivity index (χ4v) is 3.92. The molecule has 1 fully saturated rings. The molecular weight excluding hydrogens is 336 g/mol. The summed E-state index contributed by atoms with van der Waals surface area (Å²) in [5.74, 6) is 2.38. The highest BCUT2D eigenvalue weighted by Gasteiger charge is 2.20. The van der Waals surface area contributed by atoms with Gasteiger partial charge in [0.1, 0.15) is 5.82 Å². The van der Waals surface area contributed by atoms with E-state index in [9.17, 15) is 4.79 Å². The highest BCUT2D eigenvalue weighted by Crippen LogP contribution is 2.26. The number of hydrogen-bond acceptors (Lipinski definition) is 3. The maximum Gasteiger partial charge on any atom is 0.224 e. The number of piperidine rings is 1. The Morgan fingerprint density at radius 3 is 2.56 bits per heavy atom. The van der Waals surface area contributed by atoms with Gasteiger partial charge in [-0.2, -0.15) is 0 Å². The molecule has 0 saturated carbocycles. The number of nitrogens with one attached hydrogen (secondary N) is 1. The van der Waals surface area contributed by atoms with Crippen LogP contribution in [0.3, 0.4) is 0 Å². The molecule has 0 spiro atoms. The number of anilines is 1. The Morgan fingerprint density at radius 2 is 1.93 bits per heavy atom. The Labute approximate surface area is 163 Å². The quantitative estimate of drug-likeness (QED) is 0.792. The van der Waals surface area contributed by atoms with Crippen LogP contribution >= 0.6 is 0 Å². The molecule has 0 atom stereocenters. The molecule has 2 aromatic rings. The van der Waals surface area contributed by atoms with Gasteiger partial charge in [0, 0.05) is 18.2 Å². The molecule has 2 heterocycles. The zero-order valence-corrected chi connectivity index (χ0v) is 17.5. The first kappa shape index (κ1) is 19.9. The van der Waals surface area contributed by atoms with Crippen molar-refractivity contribution in [1.82, 2.24) is 14.5 Å². The third kappa shape index (κ3) is 4.89. The maximum absolute atomic E-state index is 12.1. The number of hydrogen-bond donors (Lipinski definition) is 1. The summed E-state index contributed by atoms with van der Waals surface area (Å²) in [6, 6.07) is 6.45. The molecule has 27 heavy (non-hydrogen) atoms. The number of nitrogens with zero attached hydrogens (tertiary/aromatic N) is 3. The molecule has 1 aliphatic rings. The van der Waals surface area contributed by atoms with E-state index in [0.717, 1.165) is 48.1 Å². The van der Waals surface area contributed by atoms with E-state index >= 15 is 0 Å². The summed E-state index contributed by atoms with van der Waals surface area (Å²) >= 11 is 0. The standard InChI is InChI=1S/C22H34N4O/c1-15(2)12-22(27)23-18-6-7-20-19(13-18)24-21(26(20)16(3)4)14-25-10-8-17(5)9-11-25/h6-7,13,15-17H,8-12,14H2,1-5H3,(H,23,27). The molecule has 0 unspecified atom stereocenters. The van der Waals surface area contributed by atoms with Crippen LogP contribution in [-0.4, -0.2) is 33.4 Å². The first-order valence-corrected chi connectivity index (χ1v) is 10.4. The van der Waals surface area contributed by atoms with Crippen molar-refractivity contribution in [1.29, 1.82) is 0 Å². The largest absolute Gasteiger partial charge is 0.326 e. The summed E-state index contributed by atoms with van der Waals surface area (Å²) in [7, 11) is 0. The molecule has 1 saturated heterocycles. The summed E-state index contributed by atoms with van der Waals surface area (Å²) in [6.45, 7) is 14.1. The van der Waals surface area contributed by atoms with E-state index < -0.39 is 0 Å². The predicted molar refractivity (Wildman–Crippen MR) is 112 cm³/mol.